The zero-order valence-electron chi connectivity index (χ0n) is 8.66. The summed E-state index contributed by atoms with van der Waals surface area (Å²) in [6.07, 6.45) is 8.89. The van der Waals surface area contributed by atoms with Gasteiger partial charge in [-0.3, -0.25) is 0 Å². The fourth-order valence-electron chi connectivity index (χ4n) is 0. The summed E-state index contributed by atoms with van der Waals surface area (Å²) in [5.74, 6) is 0. The van der Waals surface area contributed by atoms with Gasteiger partial charge in [0.1, 0.15) is 0 Å². The first kappa shape index (κ1) is 30.1. The predicted molar refractivity (Wildman–Crippen MR) is 103 cm³/mol. The minimum atomic E-state index is -1.72. The van der Waals surface area contributed by atoms with Gasteiger partial charge in [0.15, 0.2) is 0 Å². The van der Waals surface area contributed by atoms with Crippen LogP contribution in [0.3, 0.4) is 0 Å². The van der Waals surface area contributed by atoms with Crippen LogP contribution in [0.2, 0.25) is 0 Å². The van der Waals surface area contributed by atoms with Crippen LogP contribution in [0, 0.1) is 0 Å². The molecule has 0 amide bonds. The molecule has 0 fully saturated rings. The fourth-order valence-corrected chi connectivity index (χ4v) is 0. The predicted octanol–water partition coefficient (Wildman–Crippen LogP) is -1.02. The van der Waals surface area contributed by atoms with Crippen LogP contribution in [-0.4, -0.2) is 45.4 Å². The first-order valence-corrected chi connectivity index (χ1v) is 43.9. The Morgan fingerprint density at radius 2 is 0.625 bits per heavy atom. The molecule has 16 heavy (non-hydrogen) atoms. The van der Waals surface area contributed by atoms with E-state index in [2.05, 4.69) is 102 Å². The number of halogens is 8. The summed E-state index contributed by atoms with van der Waals surface area (Å²) in [6.45, 7) is 0. The summed E-state index contributed by atoms with van der Waals surface area (Å²) in [6, 6.07) is 0. The average molecular weight is 1020 g/mol. The number of hydrogen-bond acceptors (Lipinski definition) is 0. The summed E-state index contributed by atoms with van der Waals surface area (Å²) in [5.41, 5.74) is 0. The quantitative estimate of drug-likeness (QED) is 0.246. The molecule has 0 aromatic rings. The van der Waals surface area contributed by atoms with Crippen LogP contribution in [0.15, 0.2) is 0 Å². The van der Waals surface area contributed by atoms with Gasteiger partial charge in [-0.05, 0) is 0 Å². The van der Waals surface area contributed by atoms with Crippen molar-refractivity contribution in [1.82, 2.24) is 0 Å². The second kappa shape index (κ2) is 14.7. The van der Waals surface area contributed by atoms with E-state index in [1.807, 2.05) is 0 Å². The zero-order chi connectivity index (χ0) is 12.2. The molecule has 0 saturated carbocycles. The third-order valence-electron chi connectivity index (χ3n) is 0.756. The van der Waals surface area contributed by atoms with Crippen LogP contribution in [0.5, 0.6) is 0 Å². The first-order valence-electron chi connectivity index (χ1n) is 2.89. The van der Waals surface area contributed by atoms with Crippen LogP contribution in [0.4, 0.5) is 0 Å². The van der Waals surface area contributed by atoms with Crippen molar-refractivity contribution in [1.29, 1.82) is 0 Å². The van der Waals surface area contributed by atoms with E-state index in [9.17, 15) is 0 Å². The van der Waals surface area contributed by atoms with Gasteiger partial charge in [-0.25, -0.2) is 0 Å². The molecule has 0 N–H and O–H groups in total. The van der Waals surface area contributed by atoms with Crippen LogP contribution in [0.25, 0.3) is 0 Å². The van der Waals surface area contributed by atoms with Gasteiger partial charge in [-0.2, -0.15) is 0 Å². The van der Waals surface area contributed by atoms with Crippen molar-refractivity contribution in [3.63, 3.8) is 0 Å². The summed E-state index contributed by atoms with van der Waals surface area (Å²) >= 11 is 21.5. The standard InChI is InChI=1S/2C2H6Br3STe.2BrH/c2*1-6(2)7(3,4)5;;/h2*1-2H3;2*1H/q2*+1;;/p-2. The van der Waals surface area contributed by atoms with E-state index in [1.54, 1.807) is 0 Å². The van der Waals surface area contributed by atoms with E-state index >= 15 is 0 Å². The third-order valence-corrected chi connectivity index (χ3v) is 79.0. The normalized spacial score (nSPS) is 13.2. The molecule has 0 heterocycles. The van der Waals surface area contributed by atoms with Crippen LogP contribution >= 0.6 is 76.5 Å². The van der Waals surface area contributed by atoms with Gasteiger partial charge >= 0.3 is 138 Å². The van der Waals surface area contributed by atoms with Gasteiger partial charge in [0.25, 0.3) is 0 Å². The molecule has 0 spiro atoms. The molecular formula is C4H12Br8S2Te2. The molecule has 0 aromatic heterocycles. The van der Waals surface area contributed by atoms with Gasteiger partial charge in [0.2, 0.25) is 0 Å². The Labute approximate surface area is 167 Å². The van der Waals surface area contributed by atoms with Crippen LogP contribution < -0.4 is 34.0 Å². The van der Waals surface area contributed by atoms with E-state index in [0.717, 1.165) is 0 Å². The average Bonchev–Trinajstić information content (AvgIpc) is 1.83. The smallest absolute Gasteiger partial charge is 1.00 e. The Kier molecular flexibility index (Phi) is 27.6. The summed E-state index contributed by atoms with van der Waals surface area (Å²) in [5, 5.41) is 0. The van der Waals surface area contributed by atoms with Gasteiger partial charge in [0.05, 0.1) is 0 Å². The molecule has 0 aromatic carbocycles. The van der Waals surface area contributed by atoms with Crippen molar-refractivity contribution in [2.24, 2.45) is 0 Å². The maximum atomic E-state index is 3.58. The third kappa shape index (κ3) is 22.4. The number of hydrogen-bond donors (Lipinski definition) is 0. The Bertz CT molecular complexity index is 137. The first-order chi connectivity index (χ1) is 5.89. The molecule has 0 aliphatic rings. The molecule has 0 atom stereocenters. The largest absolute Gasteiger partial charge is 1.00 e. The Morgan fingerprint density at radius 1 is 0.562 bits per heavy atom. The monoisotopic (exact) mass is 1020 g/mol. The van der Waals surface area contributed by atoms with E-state index < -0.39 is 20.4 Å². The van der Waals surface area contributed by atoms with Crippen molar-refractivity contribution in [2.75, 3.05) is 25.0 Å². The van der Waals surface area contributed by atoms with Crippen molar-refractivity contribution in [2.45, 2.75) is 0 Å². The molecule has 0 rings (SSSR count). The zero-order valence-corrected chi connectivity index (χ0v) is 27.6. The second-order valence-electron chi connectivity index (χ2n) is 2.21. The molecule has 0 saturated heterocycles. The molecule has 108 valence electrons. The SMILES string of the molecule is C[S+](C)[Te](Br)(Br)Br.C[S+](C)[Te](Br)(Br)Br.[Br-].[Br-]. The Hall–Kier alpha value is 6.12. The van der Waals surface area contributed by atoms with Gasteiger partial charge in [-0.15, -0.1) is 0 Å². The van der Waals surface area contributed by atoms with Crippen molar-refractivity contribution < 1.29 is 34.0 Å². The Morgan fingerprint density at radius 3 is 0.625 bits per heavy atom. The van der Waals surface area contributed by atoms with E-state index in [4.69, 9.17) is 0 Å². The van der Waals surface area contributed by atoms with Crippen LogP contribution in [0.1, 0.15) is 0 Å². The maximum Gasteiger partial charge on any atom is -1.00 e. The molecule has 0 aliphatic heterocycles. The second-order valence-corrected chi connectivity index (χ2v) is 119. The van der Waals surface area contributed by atoms with E-state index in [-0.39, 0.29) is 34.0 Å². The molecule has 0 unspecified atom stereocenters. The maximum absolute atomic E-state index is 3.58. The minimum absolute atomic E-state index is 0. The molecule has 0 nitrogen and oxygen atoms in total. The van der Waals surface area contributed by atoms with Gasteiger partial charge < -0.3 is 34.0 Å². The van der Waals surface area contributed by atoms with Crippen LogP contribution in [-0.2, 0) is 16.2 Å². The molecule has 0 aliphatic carbocycles. The Balaban J connectivity index is -0.0000000800. The van der Waals surface area contributed by atoms with Crippen molar-refractivity contribution >= 4 is 113 Å². The molecular weight excluding hydrogens is 1010 g/mol. The number of rotatable bonds is 2. The van der Waals surface area contributed by atoms with Crippen molar-refractivity contribution in [3.8, 4) is 0 Å². The fraction of sp³-hybridized carbons (Fsp3) is 1.00. The van der Waals surface area contributed by atoms with E-state index in [1.165, 1.54) is 0 Å². The summed E-state index contributed by atoms with van der Waals surface area (Å²) in [7, 11) is -2.43. The molecule has 12 heteroatoms. The summed E-state index contributed by atoms with van der Waals surface area (Å²) < 4.78 is 0. The summed E-state index contributed by atoms with van der Waals surface area (Å²) in [4.78, 5) is 0. The molecule has 0 radical (unpaired) electrons. The van der Waals surface area contributed by atoms with Gasteiger partial charge in [0, 0.05) is 0 Å². The molecule has 0 bridgehead atoms. The van der Waals surface area contributed by atoms with Gasteiger partial charge in [-0.1, -0.05) is 0 Å². The van der Waals surface area contributed by atoms with Crippen molar-refractivity contribution in [3.05, 3.63) is 0 Å². The minimum Gasteiger partial charge on any atom is -1.00 e. The topological polar surface area (TPSA) is 0 Å². The van der Waals surface area contributed by atoms with E-state index in [0.29, 0.717) is 16.2 Å².